The Labute approximate surface area is 205 Å². The molecular weight excluding hydrogens is 452 g/mol. The number of carbonyl (C=O) groups excluding carboxylic acids is 2. The molecule has 33 heavy (non-hydrogen) atoms. The van der Waals surface area contributed by atoms with Crippen molar-refractivity contribution in [2.45, 2.75) is 31.7 Å². The van der Waals surface area contributed by atoms with Gasteiger partial charge in [-0.2, -0.15) is 0 Å². The summed E-state index contributed by atoms with van der Waals surface area (Å²) in [7, 11) is 1.61. The number of aryl methyl sites for hydroxylation is 1. The Morgan fingerprint density at radius 3 is 2.27 bits per heavy atom. The van der Waals surface area contributed by atoms with Gasteiger partial charge in [-0.05, 0) is 29.7 Å². The highest BCUT2D eigenvalue weighted by atomic mass is 35.5. The van der Waals surface area contributed by atoms with Crippen LogP contribution in [0.15, 0.2) is 78.9 Å². The first-order valence-corrected chi connectivity index (χ1v) is 12.4. The number of amides is 2. The van der Waals surface area contributed by atoms with Crippen LogP contribution in [0.25, 0.3) is 0 Å². The maximum Gasteiger partial charge on any atom is 0.242 e. The molecule has 3 aromatic carbocycles. The second kappa shape index (κ2) is 12.5. The molecule has 0 saturated heterocycles. The van der Waals surface area contributed by atoms with E-state index in [9.17, 15) is 9.59 Å². The highest BCUT2D eigenvalue weighted by molar-refractivity contribution is 7.99. The van der Waals surface area contributed by atoms with Crippen LogP contribution in [-0.4, -0.2) is 35.6 Å². The van der Waals surface area contributed by atoms with Gasteiger partial charge in [-0.1, -0.05) is 90.0 Å². The smallest absolute Gasteiger partial charge is 0.242 e. The van der Waals surface area contributed by atoms with Crippen molar-refractivity contribution in [3.63, 3.8) is 0 Å². The summed E-state index contributed by atoms with van der Waals surface area (Å²) < 4.78 is 0. The third-order valence-corrected chi connectivity index (χ3v) is 6.77. The number of nitrogens with one attached hydrogen (secondary N) is 1. The number of thioether (sulfide) groups is 1. The van der Waals surface area contributed by atoms with E-state index in [1.807, 2.05) is 85.8 Å². The lowest BCUT2D eigenvalue weighted by atomic mass is 10.0. The fourth-order valence-electron chi connectivity index (χ4n) is 3.56. The van der Waals surface area contributed by atoms with Crippen LogP contribution in [0.4, 0.5) is 0 Å². The minimum absolute atomic E-state index is 0.0721. The summed E-state index contributed by atoms with van der Waals surface area (Å²) in [5.74, 6) is 0.652. The van der Waals surface area contributed by atoms with E-state index in [1.165, 1.54) is 11.8 Å². The normalized spacial score (nSPS) is 11.6. The van der Waals surface area contributed by atoms with E-state index < -0.39 is 6.04 Å². The first-order chi connectivity index (χ1) is 16.0. The molecule has 2 amide bonds. The molecule has 0 aliphatic heterocycles. The van der Waals surface area contributed by atoms with Gasteiger partial charge in [0.1, 0.15) is 6.04 Å². The first-order valence-electron chi connectivity index (χ1n) is 10.9. The van der Waals surface area contributed by atoms with Crippen molar-refractivity contribution >= 4 is 35.2 Å². The second-order valence-corrected chi connectivity index (χ2v) is 9.30. The number of carbonyl (C=O) groups is 2. The summed E-state index contributed by atoms with van der Waals surface area (Å²) in [6, 6.07) is 24.9. The fraction of sp³-hybridized carbons (Fsp3) is 0.259. The molecule has 1 N–H and O–H groups in total. The molecule has 0 saturated carbocycles. The van der Waals surface area contributed by atoms with Crippen molar-refractivity contribution < 1.29 is 9.59 Å². The lowest BCUT2D eigenvalue weighted by molar-refractivity contribution is -0.139. The Bertz CT molecular complexity index is 1060. The van der Waals surface area contributed by atoms with Crippen molar-refractivity contribution in [3.8, 4) is 0 Å². The standard InChI is InChI=1S/C27H29ClN2O2S/c1-20-12-14-22(15-13-20)17-30(25(27(32)29-2)16-21-8-4-3-5-9-21)26(31)19-33-18-23-10-6-7-11-24(23)28/h3-15,25H,16-19H2,1-2H3,(H,29,32). The predicted molar refractivity (Wildman–Crippen MR) is 137 cm³/mol. The van der Waals surface area contributed by atoms with Gasteiger partial charge in [0.2, 0.25) is 11.8 Å². The molecule has 6 heteroatoms. The lowest BCUT2D eigenvalue weighted by Crippen LogP contribution is -2.50. The van der Waals surface area contributed by atoms with Crippen LogP contribution in [0.5, 0.6) is 0 Å². The van der Waals surface area contributed by atoms with Gasteiger partial charge < -0.3 is 10.2 Å². The van der Waals surface area contributed by atoms with Gasteiger partial charge in [-0.3, -0.25) is 9.59 Å². The van der Waals surface area contributed by atoms with E-state index in [0.717, 1.165) is 22.3 Å². The van der Waals surface area contributed by atoms with Crippen LogP contribution in [0.3, 0.4) is 0 Å². The topological polar surface area (TPSA) is 49.4 Å². The van der Waals surface area contributed by atoms with Gasteiger partial charge in [-0.25, -0.2) is 0 Å². The number of hydrogen-bond donors (Lipinski definition) is 1. The highest BCUT2D eigenvalue weighted by Crippen LogP contribution is 2.22. The third-order valence-electron chi connectivity index (χ3n) is 5.43. The quantitative estimate of drug-likeness (QED) is 0.430. The molecule has 0 spiro atoms. The number of nitrogens with zero attached hydrogens (tertiary/aromatic N) is 1. The lowest BCUT2D eigenvalue weighted by Gasteiger charge is -2.31. The van der Waals surface area contributed by atoms with Crippen molar-refractivity contribution in [3.05, 3.63) is 106 Å². The molecule has 0 heterocycles. The summed E-state index contributed by atoms with van der Waals surface area (Å²) in [5.41, 5.74) is 4.15. The van der Waals surface area contributed by atoms with E-state index in [2.05, 4.69) is 5.32 Å². The Hall–Kier alpha value is -2.76. The summed E-state index contributed by atoms with van der Waals surface area (Å²) in [6.07, 6.45) is 0.452. The van der Waals surface area contributed by atoms with E-state index in [1.54, 1.807) is 11.9 Å². The summed E-state index contributed by atoms with van der Waals surface area (Å²) in [5, 5.41) is 3.44. The molecule has 0 fully saturated rings. The van der Waals surface area contributed by atoms with E-state index in [4.69, 9.17) is 11.6 Å². The van der Waals surface area contributed by atoms with Crippen LogP contribution in [0, 0.1) is 6.92 Å². The summed E-state index contributed by atoms with van der Waals surface area (Å²) in [4.78, 5) is 28.1. The van der Waals surface area contributed by atoms with Gasteiger partial charge in [0.15, 0.2) is 0 Å². The van der Waals surface area contributed by atoms with Gasteiger partial charge in [0.05, 0.1) is 5.75 Å². The highest BCUT2D eigenvalue weighted by Gasteiger charge is 2.29. The number of halogens is 1. The van der Waals surface area contributed by atoms with Crippen molar-refractivity contribution in [1.82, 2.24) is 10.2 Å². The first kappa shape index (κ1) is 24.9. The molecule has 3 aromatic rings. The predicted octanol–water partition coefficient (Wildman–Crippen LogP) is 5.27. The molecule has 0 aromatic heterocycles. The zero-order valence-electron chi connectivity index (χ0n) is 19.0. The minimum atomic E-state index is -0.605. The van der Waals surface area contributed by atoms with E-state index in [0.29, 0.717) is 23.7 Å². The SMILES string of the molecule is CNC(=O)C(Cc1ccccc1)N(Cc1ccc(C)cc1)C(=O)CSCc1ccccc1Cl. The molecule has 1 atom stereocenters. The maximum absolute atomic E-state index is 13.4. The molecule has 0 radical (unpaired) electrons. The Kier molecular flexibility index (Phi) is 9.40. The molecule has 172 valence electrons. The Balaban J connectivity index is 1.80. The molecule has 0 aliphatic rings. The molecule has 1 unspecified atom stereocenters. The Morgan fingerprint density at radius 2 is 1.61 bits per heavy atom. The fourth-order valence-corrected chi connectivity index (χ4v) is 4.75. The number of benzene rings is 3. The Morgan fingerprint density at radius 1 is 0.939 bits per heavy atom. The average molecular weight is 481 g/mol. The van der Waals surface area contributed by atoms with Crippen LogP contribution in [0.1, 0.15) is 22.3 Å². The van der Waals surface area contributed by atoms with E-state index >= 15 is 0 Å². The number of likely N-dealkylation sites (N-methyl/N-ethyl adjacent to an activating group) is 1. The largest absolute Gasteiger partial charge is 0.357 e. The average Bonchev–Trinajstić information content (AvgIpc) is 2.83. The molecular formula is C27H29ClN2O2S. The van der Waals surface area contributed by atoms with Gasteiger partial charge in [0.25, 0.3) is 0 Å². The number of hydrogen-bond acceptors (Lipinski definition) is 3. The van der Waals surface area contributed by atoms with Gasteiger partial charge >= 0.3 is 0 Å². The monoisotopic (exact) mass is 480 g/mol. The molecule has 0 aliphatic carbocycles. The third kappa shape index (κ3) is 7.37. The molecule has 4 nitrogen and oxygen atoms in total. The van der Waals surface area contributed by atoms with Crippen LogP contribution in [-0.2, 0) is 28.3 Å². The summed E-state index contributed by atoms with van der Waals surface area (Å²) in [6.45, 7) is 2.40. The molecule has 0 bridgehead atoms. The van der Waals surface area contributed by atoms with Crippen molar-refractivity contribution in [2.75, 3.05) is 12.8 Å². The van der Waals surface area contributed by atoms with Gasteiger partial charge in [-0.15, -0.1) is 11.8 Å². The minimum Gasteiger partial charge on any atom is -0.357 e. The molecule has 3 rings (SSSR count). The second-order valence-electron chi connectivity index (χ2n) is 7.91. The van der Waals surface area contributed by atoms with Crippen LogP contribution < -0.4 is 5.32 Å². The maximum atomic E-state index is 13.4. The zero-order chi connectivity index (χ0) is 23.6. The zero-order valence-corrected chi connectivity index (χ0v) is 20.5. The van der Waals surface area contributed by atoms with Crippen molar-refractivity contribution in [1.29, 1.82) is 0 Å². The van der Waals surface area contributed by atoms with Gasteiger partial charge in [0, 0.05) is 30.8 Å². The summed E-state index contributed by atoms with van der Waals surface area (Å²) >= 11 is 7.77. The number of rotatable bonds is 10. The van der Waals surface area contributed by atoms with Crippen LogP contribution in [0.2, 0.25) is 5.02 Å². The van der Waals surface area contributed by atoms with E-state index in [-0.39, 0.29) is 17.6 Å². The van der Waals surface area contributed by atoms with Crippen molar-refractivity contribution in [2.24, 2.45) is 0 Å². The van der Waals surface area contributed by atoms with Crippen LogP contribution >= 0.6 is 23.4 Å².